The van der Waals surface area contributed by atoms with E-state index in [2.05, 4.69) is 15.6 Å². The minimum absolute atomic E-state index is 0.0314. The zero-order chi connectivity index (χ0) is 20.8. The van der Waals surface area contributed by atoms with E-state index in [1.165, 1.54) is 0 Å². The van der Waals surface area contributed by atoms with Crippen LogP contribution in [0.3, 0.4) is 0 Å². The van der Waals surface area contributed by atoms with E-state index in [1.807, 2.05) is 42.7 Å². The second-order valence-corrected chi connectivity index (χ2v) is 7.64. The van der Waals surface area contributed by atoms with Crippen LogP contribution >= 0.6 is 11.6 Å². The average Bonchev–Trinajstić information content (AvgIpc) is 3.04. The molecule has 0 radical (unpaired) electrons. The van der Waals surface area contributed by atoms with Gasteiger partial charge in [-0.3, -0.25) is 9.59 Å². The minimum Gasteiger partial charge on any atom is -0.356 e. The largest absolute Gasteiger partial charge is 0.356 e. The van der Waals surface area contributed by atoms with E-state index in [9.17, 15) is 9.59 Å². The Hall–Kier alpha value is -2.86. The zero-order valence-electron chi connectivity index (χ0n) is 16.6. The van der Waals surface area contributed by atoms with E-state index >= 15 is 0 Å². The summed E-state index contributed by atoms with van der Waals surface area (Å²) in [7, 11) is 0. The molecule has 6 nitrogen and oxygen atoms in total. The summed E-state index contributed by atoms with van der Waals surface area (Å²) >= 11 is 5.90. The van der Waals surface area contributed by atoms with Gasteiger partial charge in [0.25, 0.3) is 0 Å². The predicted molar refractivity (Wildman–Crippen MR) is 116 cm³/mol. The van der Waals surface area contributed by atoms with Crippen LogP contribution in [0.2, 0.25) is 5.02 Å². The highest BCUT2D eigenvalue weighted by Crippen LogP contribution is 2.18. The van der Waals surface area contributed by atoms with Crippen molar-refractivity contribution in [2.24, 2.45) is 5.92 Å². The maximum absolute atomic E-state index is 12.6. The topological polar surface area (TPSA) is 76.0 Å². The summed E-state index contributed by atoms with van der Waals surface area (Å²) in [6.45, 7) is 4.48. The Morgan fingerprint density at radius 2 is 1.83 bits per heavy atom. The molecule has 0 aliphatic heterocycles. The predicted octanol–water partition coefficient (Wildman–Crippen LogP) is 4.03. The van der Waals surface area contributed by atoms with Gasteiger partial charge in [0.05, 0.1) is 11.0 Å². The van der Waals surface area contributed by atoms with Gasteiger partial charge in [0.1, 0.15) is 12.4 Å². The number of hydrogen-bond acceptors (Lipinski definition) is 3. The molecule has 1 heterocycles. The molecule has 0 saturated carbocycles. The van der Waals surface area contributed by atoms with Gasteiger partial charge >= 0.3 is 0 Å². The molecule has 0 saturated heterocycles. The average molecular weight is 413 g/mol. The molecule has 0 aliphatic carbocycles. The molecular weight excluding hydrogens is 388 g/mol. The van der Waals surface area contributed by atoms with Crippen molar-refractivity contribution < 1.29 is 9.59 Å². The third kappa shape index (κ3) is 5.57. The number of aryl methyl sites for hydroxylation is 1. The SMILES string of the molecule is CC(C)C(=O)NCCCc1nc2ccccc2n1CC(=O)Nc1ccc(Cl)cc1. The van der Waals surface area contributed by atoms with E-state index in [0.29, 0.717) is 23.7 Å². The summed E-state index contributed by atoms with van der Waals surface area (Å²) in [5.74, 6) is 0.707. The van der Waals surface area contributed by atoms with Crippen molar-refractivity contribution in [3.63, 3.8) is 0 Å². The van der Waals surface area contributed by atoms with Crippen LogP contribution in [0, 0.1) is 5.92 Å². The fraction of sp³-hybridized carbons (Fsp3) is 0.318. The highest BCUT2D eigenvalue weighted by Gasteiger charge is 2.14. The second-order valence-electron chi connectivity index (χ2n) is 7.21. The maximum atomic E-state index is 12.6. The van der Waals surface area contributed by atoms with Crippen LogP contribution < -0.4 is 10.6 Å². The van der Waals surface area contributed by atoms with Crippen LogP contribution in [0.4, 0.5) is 5.69 Å². The molecular formula is C22H25ClN4O2. The number of imidazole rings is 1. The van der Waals surface area contributed by atoms with Crippen molar-refractivity contribution in [2.45, 2.75) is 33.2 Å². The molecule has 152 valence electrons. The third-order valence-corrected chi connectivity index (χ3v) is 4.82. The first-order valence-electron chi connectivity index (χ1n) is 9.71. The monoisotopic (exact) mass is 412 g/mol. The van der Waals surface area contributed by atoms with Crippen LogP contribution in [-0.4, -0.2) is 27.9 Å². The summed E-state index contributed by atoms with van der Waals surface area (Å²) in [5.41, 5.74) is 2.47. The van der Waals surface area contributed by atoms with Crippen molar-refractivity contribution >= 4 is 40.1 Å². The van der Waals surface area contributed by atoms with Gasteiger partial charge in [0.2, 0.25) is 11.8 Å². The van der Waals surface area contributed by atoms with Crippen molar-refractivity contribution in [3.05, 3.63) is 59.4 Å². The normalized spacial score (nSPS) is 11.0. The van der Waals surface area contributed by atoms with Crippen LogP contribution in [0.15, 0.2) is 48.5 Å². The molecule has 2 N–H and O–H groups in total. The zero-order valence-corrected chi connectivity index (χ0v) is 17.4. The number of nitrogens with one attached hydrogen (secondary N) is 2. The van der Waals surface area contributed by atoms with Gasteiger partial charge in [0.15, 0.2) is 0 Å². The standard InChI is InChI=1S/C22H25ClN4O2/c1-15(2)22(29)24-13-5-8-20-26-18-6-3-4-7-19(18)27(20)14-21(28)25-17-11-9-16(23)10-12-17/h3-4,6-7,9-12,15H,5,8,13-14H2,1-2H3,(H,24,29)(H,25,28). The van der Waals surface area contributed by atoms with Crippen molar-refractivity contribution in [1.82, 2.24) is 14.9 Å². The molecule has 2 aromatic carbocycles. The molecule has 0 fully saturated rings. The summed E-state index contributed by atoms with van der Waals surface area (Å²) in [5, 5.41) is 6.43. The fourth-order valence-electron chi connectivity index (χ4n) is 3.03. The minimum atomic E-state index is -0.134. The molecule has 2 amide bonds. The van der Waals surface area contributed by atoms with E-state index in [-0.39, 0.29) is 24.3 Å². The Morgan fingerprint density at radius 1 is 1.10 bits per heavy atom. The number of para-hydroxylation sites is 2. The van der Waals surface area contributed by atoms with E-state index in [1.54, 1.807) is 24.3 Å². The van der Waals surface area contributed by atoms with Crippen LogP contribution in [0.1, 0.15) is 26.1 Å². The van der Waals surface area contributed by atoms with E-state index in [4.69, 9.17) is 11.6 Å². The number of aromatic nitrogens is 2. The first kappa shape index (κ1) is 20.9. The van der Waals surface area contributed by atoms with Crippen molar-refractivity contribution in [3.8, 4) is 0 Å². The number of fused-ring (bicyclic) bond motifs is 1. The van der Waals surface area contributed by atoms with Crippen LogP contribution in [-0.2, 0) is 22.6 Å². The van der Waals surface area contributed by atoms with Gasteiger partial charge in [-0.2, -0.15) is 0 Å². The molecule has 0 aliphatic rings. The lowest BCUT2D eigenvalue weighted by atomic mass is 10.2. The molecule has 3 aromatic rings. The lowest BCUT2D eigenvalue weighted by molar-refractivity contribution is -0.124. The quantitative estimate of drug-likeness (QED) is 0.548. The third-order valence-electron chi connectivity index (χ3n) is 4.56. The summed E-state index contributed by atoms with van der Waals surface area (Å²) in [4.78, 5) is 29.0. The number of rotatable bonds is 8. The van der Waals surface area contributed by atoms with E-state index in [0.717, 1.165) is 23.3 Å². The molecule has 3 rings (SSSR count). The van der Waals surface area contributed by atoms with Gasteiger partial charge < -0.3 is 15.2 Å². The van der Waals surface area contributed by atoms with Crippen LogP contribution in [0.5, 0.6) is 0 Å². The number of anilines is 1. The molecule has 0 spiro atoms. The number of carbonyl (C=O) groups excluding carboxylic acids is 2. The lowest BCUT2D eigenvalue weighted by Crippen LogP contribution is -2.29. The Bertz CT molecular complexity index is 996. The lowest BCUT2D eigenvalue weighted by Gasteiger charge is -2.11. The number of amides is 2. The first-order chi connectivity index (χ1) is 13.9. The van der Waals surface area contributed by atoms with Gasteiger partial charge in [0, 0.05) is 29.6 Å². The number of carbonyl (C=O) groups is 2. The molecule has 0 bridgehead atoms. The second kappa shape index (κ2) is 9.56. The Morgan fingerprint density at radius 3 is 2.55 bits per heavy atom. The Kier molecular flexibility index (Phi) is 6.88. The maximum Gasteiger partial charge on any atom is 0.244 e. The molecule has 29 heavy (non-hydrogen) atoms. The number of nitrogens with zero attached hydrogens (tertiary/aromatic N) is 2. The van der Waals surface area contributed by atoms with Gasteiger partial charge in [-0.15, -0.1) is 0 Å². The number of benzene rings is 2. The smallest absolute Gasteiger partial charge is 0.244 e. The molecule has 7 heteroatoms. The highest BCUT2D eigenvalue weighted by molar-refractivity contribution is 6.30. The fourth-order valence-corrected chi connectivity index (χ4v) is 3.16. The number of hydrogen-bond donors (Lipinski definition) is 2. The summed E-state index contributed by atoms with van der Waals surface area (Å²) in [6.07, 6.45) is 1.42. The molecule has 0 unspecified atom stereocenters. The van der Waals surface area contributed by atoms with Gasteiger partial charge in [-0.1, -0.05) is 37.6 Å². The van der Waals surface area contributed by atoms with Gasteiger partial charge in [-0.05, 0) is 42.8 Å². The summed E-state index contributed by atoms with van der Waals surface area (Å²) < 4.78 is 1.94. The van der Waals surface area contributed by atoms with Crippen molar-refractivity contribution in [2.75, 3.05) is 11.9 Å². The first-order valence-corrected chi connectivity index (χ1v) is 10.1. The highest BCUT2D eigenvalue weighted by atomic mass is 35.5. The van der Waals surface area contributed by atoms with Gasteiger partial charge in [-0.25, -0.2) is 4.98 Å². The number of halogens is 1. The molecule has 0 atom stereocenters. The Labute approximate surface area is 175 Å². The Balaban J connectivity index is 1.70. The van der Waals surface area contributed by atoms with Crippen molar-refractivity contribution in [1.29, 1.82) is 0 Å². The summed E-state index contributed by atoms with van der Waals surface area (Å²) in [6, 6.07) is 14.8. The van der Waals surface area contributed by atoms with Crippen LogP contribution in [0.25, 0.3) is 11.0 Å². The van der Waals surface area contributed by atoms with E-state index < -0.39 is 0 Å². The molecule has 1 aromatic heterocycles.